The van der Waals surface area contributed by atoms with Gasteiger partial charge in [-0.25, -0.2) is 0 Å². The highest BCUT2D eigenvalue weighted by molar-refractivity contribution is 5.55. The lowest BCUT2D eigenvalue weighted by atomic mass is 9.83. The Morgan fingerprint density at radius 1 is 1.07 bits per heavy atom. The lowest BCUT2D eigenvalue weighted by Gasteiger charge is -2.31. The second-order valence-corrected chi connectivity index (χ2v) is 3.85. The van der Waals surface area contributed by atoms with Gasteiger partial charge in [0.1, 0.15) is 12.2 Å². The first-order valence-corrected chi connectivity index (χ1v) is 4.51. The number of amides is 1. The smallest absolute Gasteiger partial charge is 0.210 e. The van der Waals surface area contributed by atoms with E-state index in [0.29, 0.717) is 6.41 Å². The van der Waals surface area contributed by atoms with Gasteiger partial charge in [0.05, 0.1) is 24.8 Å². The van der Waals surface area contributed by atoms with Gasteiger partial charge in [0.15, 0.2) is 0 Å². The molecule has 6 atom stereocenters. The van der Waals surface area contributed by atoms with Gasteiger partial charge in [-0.3, -0.25) is 4.79 Å². The summed E-state index contributed by atoms with van der Waals surface area (Å²) < 4.78 is 0. The van der Waals surface area contributed by atoms with Crippen molar-refractivity contribution in [3.63, 3.8) is 0 Å². The van der Waals surface area contributed by atoms with Crippen molar-refractivity contribution in [1.29, 1.82) is 0 Å². The summed E-state index contributed by atoms with van der Waals surface area (Å²) in [4.78, 5) is 11.8. The van der Waals surface area contributed by atoms with E-state index in [2.05, 4.69) is 0 Å². The number of aliphatic hydroxyl groups is 4. The topological polar surface area (TPSA) is 101 Å². The van der Waals surface area contributed by atoms with E-state index in [1.165, 1.54) is 4.90 Å². The molecule has 14 heavy (non-hydrogen) atoms. The quantitative estimate of drug-likeness (QED) is 0.281. The minimum Gasteiger partial charge on any atom is -0.396 e. The van der Waals surface area contributed by atoms with Crippen molar-refractivity contribution in [2.75, 3.05) is 6.61 Å². The van der Waals surface area contributed by atoms with Crippen LogP contribution in [-0.2, 0) is 4.79 Å². The summed E-state index contributed by atoms with van der Waals surface area (Å²) in [7, 11) is 0. The van der Waals surface area contributed by atoms with E-state index in [1.54, 1.807) is 0 Å². The number of likely N-dealkylation sites (tertiary alicyclic amines) is 1. The van der Waals surface area contributed by atoms with Gasteiger partial charge >= 0.3 is 0 Å². The van der Waals surface area contributed by atoms with Crippen LogP contribution in [0, 0.1) is 5.92 Å². The molecule has 6 heteroatoms. The number of fused-ring (bicyclic) bond motifs is 1. The van der Waals surface area contributed by atoms with Gasteiger partial charge in [0, 0.05) is 5.92 Å². The van der Waals surface area contributed by atoms with Crippen LogP contribution >= 0.6 is 0 Å². The molecule has 0 radical (unpaired) electrons. The Hall–Kier alpha value is -0.690. The second-order valence-electron chi connectivity index (χ2n) is 3.85. The van der Waals surface area contributed by atoms with E-state index >= 15 is 0 Å². The van der Waals surface area contributed by atoms with Crippen molar-refractivity contribution in [2.45, 2.75) is 30.4 Å². The molecule has 1 aliphatic heterocycles. The summed E-state index contributed by atoms with van der Waals surface area (Å²) in [6.45, 7) is -0.309. The van der Waals surface area contributed by atoms with Crippen LogP contribution in [0.15, 0.2) is 0 Å². The van der Waals surface area contributed by atoms with Crippen LogP contribution in [0.4, 0.5) is 0 Å². The maximum absolute atomic E-state index is 10.5. The lowest BCUT2D eigenvalue weighted by molar-refractivity contribution is -0.115. The maximum Gasteiger partial charge on any atom is 0.210 e. The monoisotopic (exact) mass is 203 g/mol. The first kappa shape index (κ1) is 9.85. The van der Waals surface area contributed by atoms with Gasteiger partial charge in [0.25, 0.3) is 0 Å². The summed E-state index contributed by atoms with van der Waals surface area (Å²) in [5.74, 6) is -0.566. The third kappa shape index (κ3) is 1.08. The normalized spacial score (nSPS) is 51.3. The van der Waals surface area contributed by atoms with E-state index in [1.807, 2.05) is 0 Å². The molecule has 0 spiro atoms. The minimum atomic E-state index is -1.29. The Bertz CT molecular complexity index is 248. The van der Waals surface area contributed by atoms with E-state index in [-0.39, 0.29) is 12.6 Å². The second kappa shape index (κ2) is 3.16. The first-order valence-electron chi connectivity index (χ1n) is 4.51. The van der Waals surface area contributed by atoms with Crippen LogP contribution in [0.3, 0.4) is 0 Å². The van der Waals surface area contributed by atoms with Gasteiger partial charge in [0.2, 0.25) is 6.41 Å². The number of rotatable bonds is 2. The van der Waals surface area contributed by atoms with Crippen LogP contribution in [-0.4, -0.2) is 68.7 Å². The molecule has 0 aromatic carbocycles. The molecule has 80 valence electrons. The third-order valence-corrected chi connectivity index (χ3v) is 3.21. The van der Waals surface area contributed by atoms with E-state index in [9.17, 15) is 20.1 Å². The SMILES string of the molecule is O=CN1C2C(O)C(O)C(O)C(CO)C21. The largest absolute Gasteiger partial charge is 0.396 e. The highest BCUT2D eigenvalue weighted by Gasteiger charge is 2.63. The average molecular weight is 203 g/mol. The first-order chi connectivity index (χ1) is 6.63. The molecular formula is C8H13NO5. The summed E-state index contributed by atoms with van der Waals surface area (Å²) in [6.07, 6.45) is -3.03. The number of hydrogen-bond acceptors (Lipinski definition) is 5. The molecule has 1 saturated carbocycles. The van der Waals surface area contributed by atoms with Crippen molar-refractivity contribution in [3.8, 4) is 0 Å². The van der Waals surface area contributed by atoms with Crippen LogP contribution in [0.1, 0.15) is 0 Å². The zero-order chi connectivity index (χ0) is 10.5. The van der Waals surface area contributed by atoms with Crippen molar-refractivity contribution >= 4 is 6.41 Å². The van der Waals surface area contributed by atoms with Gasteiger partial charge < -0.3 is 25.3 Å². The Morgan fingerprint density at radius 2 is 1.71 bits per heavy atom. The molecule has 0 aromatic heterocycles. The summed E-state index contributed by atoms with van der Waals surface area (Å²) >= 11 is 0. The summed E-state index contributed by atoms with van der Waals surface area (Å²) in [5.41, 5.74) is 0. The maximum atomic E-state index is 10.5. The molecule has 2 rings (SSSR count). The number of hydrogen-bond donors (Lipinski definition) is 4. The molecule has 6 unspecified atom stereocenters. The van der Waals surface area contributed by atoms with Crippen molar-refractivity contribution in [3.05, 3.63) is 0 Å². The lowest BCUT2D eigenvalue weighted by Crippen LogP contribution is -2.52. The minimum absolute atomic E-state index is 0.309. The molecule has 2 aliphatic rings. The van der Waals surface area contributed by atoms with Gasteiger partial charge in [-0.15, -0.1) is 0 Å². The summed E-state index contributed by atoms with van der Waals surface area (Å²) in [6, 6.07) is -0.797. The predicted octanol–water partition coefficient (Wildman–Crippen LogP) is -3.10. The molecule has 1 saturated heterocycles. The number of nitrogens with zero attached hydrogens (tertiary/aromatic N) is 1. The molecular weight excluding hydrogens is 190 g/mol. The average Bonchev–Trinajstić information content (AvgIpc) is 2.89. The fourth-order valence-corrected chi connectivity index (χ4v) is 2.36. The van der Waals surface area contributed by atoms with E-state index in [4.69, 9.17) is 5.11 Å². The Labute approximate surface area is 80.4 Å². The Kier molecular flexibility index (Phi) is 2.23. The molecule has 0 aromatic rings. The number of aliphatic hydroxyl groups excluding tert-OH is 4. The summed E-state index contributed by atoms with van der Waals surface area (Å²) in [5, 5.41) is 37.4. The van der Waals surface area contributed by atoms with Crippen molar-refractivity contribution < 1.29 is 25.2 Å². The number of carbonyl (C=O) groups is 1. The Balaban J connectivity index is 2.19. The van der Waals surface area contributed by atoms with Gasteiger partial charge in [-0.05, 0) is 0 Å². The fraction of sp³-hybridized carbons (Fsp3) is 0.875. The van der Waals surface area contributed by atoms with Crippen LogP contribution in [0.5, 0.6) is 0 Å². The molecule has 6 nitrogen and oxygen atoms in total. The predicted molar refractivity (Wildman–Crippen MR) is 44.1 cm³/mol. The van der Waals surface area contributed by atoms with Crippen LogP contribution in [0.2, 0.25) is 0 Å². The Morgan fingerprint density at radius 3 is 2.21 bits per heavy atom. The molecule has 4 N–H and O–H groups in total. The highest BCUT2D eigenvalue weighted by atomic mass is 16.4. The molecule has 1 aliphatic carbocycles. The van der Waals surface area contributed by atoms with E-state index < -0.39 is 30.3 Å². The van der Waals surface area contributed by atoms with Crippen molar-refractivity contribution in [1.82, 2.24) is 4.90 Å². The molecule has 1 amide bonds. The van der Waals surface area contributed by atoms with E-state index in [0.717, 1.165) is 0 Å². The standard InChI is InChI=1S/C8H13NO5/c10-1-3-4-5(9(4)2-11)7(13)8(14)6(3)12/h2-8,10,12-14H,1H2. The number of carbonyl (C=O) groups excluding carboxylic acids is 1. The zero-order valence-electron chi connectivity index (χ0n) is 7.39. The molecule has 0 bridgehead atoms. The highest BCUT2D eigenvalue weighted by Crippen LogP contribution is 2.42. The zero-order valence-corrected chi connectivity index (χ0v) is 7.39. The van der Waals surface area contributed by atoms with Crippen LogP contribution < -0.4 is 0 Å². The third-order valence-electron chi connectivity index (χ3n) is 3.21. The van der Waals surface area contributed by atoms with Crippen LogP contribution in [0.25, 0.3) is 0 Å². The fourth-order valence-electron chi connectivity index (χ4n) is 2.36. The van der Waals surface area contributed by atoms with Crippen molar-refractivity contribution in [2.24, 2.45) is 5.92 Å². The van der Waals surface area contributed by atoms with Gasteiger partial charge in [-0.1, -0.05) is 0 Å². The molecule has 1 heterocycles. The molecule has 2 fully saturated rings. The van der Waals surface area contributed by atoms with Gasteiger partial charge in [-0.2, -0.15) is 0 Å².